The fourth-order valence-electron chi connectivity index (χ4n) is 1.81. The largest absolute Gasteiger partial charge is 0.391 e. The molecule has 0 spiro atoms. The average Bonchev–Trinajstić information content (AvgIpc) is 2.27. The van der Waals surface area contributed by atoms with Crippen LogP contribution in [0.25, 0.3) is 0 Å². The van der Waals surface area contributed by atoms with Crippen molar-refractivity contribution >= 4 is 17.5 Å². The van der Waals surface area contributed by atoms with Crippen molar-refractivity contribution in [2.75, 3.05) is 18.0 Å². The molecule has 90 valence electrons. The fraction of sp³-hybridized carbons (Fsp3) is 0.273. The Morgan fingerprint density at radius 3 is 2.53 bits per heavy atom. The zero-order valence-electron chi connectivity index (χ0n) is 8.94. The molecule has 6 heteroatoms. The van der Waals surface area contributed by atoms with Crippen LogP contribution in [0.15, 0.2) is 18.2 Å². The number of rotatable bonds is 2. The number of hydrogen-bond acceptors (Lipinski definition) is 4. The molecule has 1 aromatic carbocycles. The highest BCUT2D eigenvalue weighted by Crippen LogP contribution is 2.23. The first-order valence-corrected chi connectivity index (χ1v) is 5.07. The quantitative estimate of drug-likeness (QED) is 0.699. The Morgan fingerprint density at radius 2 is 1.94 bits per heavy atom. The molecule has 0 bridgehead atoms. The number of halogens is 1. The Bertz CT molecular complexity index is 460. The van der Waals surface area contributed by atoms with Gasteiger partial charge in [-0.15, -0.1) is 0 Å². The molecule has 0 radical (unpaired) electrons. The van der Waals surface area contributed by atoms with Gasteiger partial charge in [-0.1, -0.05) is 6.07 Å². The van der Waals surface area contributed by atoms with Crippen LogP contribution in [-0.2, 0) is 16.2 Å². The van der Waals surface area contributed by atoms with Gasteiger partial charge in [0.1, 0.15) is 5.82 Å². The van der Waals surface area contributed by atoms with E-state index < -0.39 is 24.2 Å². The van der Waals surface area contributed by atoms with Gasteiger partial charge < -0.3 is 10.0 Å². The van der Waals surface area contributed by atoms with Crippen molar-refractivity contribution in [2.45, 2.75) is 6.61 Å². The maximum atomic E-state index is 13.4. The molecule has 0 unspecified atom stereocenters. The Morgan fingerprint density at radius 1 is 1.29 bits per heavy atom. The summed E-state index contributed by atoms with van der Waals surface area (Å²) in [6, 6.07) is 4.27. The van der Waals surface area contributed by atoms with Crippen LogP contribution in [0.5, 0.6) is 0 Å². The smallest absolute Gasteiger partial charge is 0.246 e. The van der Waals surface area contributed by atoms with Crippen molar-refractivity contribution < 1.29 is 19.1 Å². The number of benzene rings is 1. The number of aliphatic hydroxyl groups excluding tert-OH is 1. The molecule has 0 aliphatic carbocycles. The number of carbonyl (C=O) groups excluding carboxylic acids is 2. The Kier molecular flexibility index (Phi) is 3.06. The number of piperazine rings is 1. The van der Waals surface area contributed by atoms with Gasteiger partial charge in [-0.05, 0) is 12.1 Å². The third-order valence-electron chi connectivity index (χ3n) is 2.54. The number of carbonyl (C=O) groups is 2. The van der Waals surface area contributed by atoms with Crippen molar-refractivity contribution in [3.05, 3.63) is 29.6 Å². The first-order valence-electron chi connectivity index (χ1n) is 5.07. The minimum absolute atomic E-state index is 0.0256. The van der Waals surface area contributed by atoms with Gasteiger partial charge in [0.2, 0.25) is 11.8 Å². The van der Waals surface area contributed by atoms with Crippen molar-refractivity contribution in [3.8, 4) is 0 Å². The summed E-state index contributed by atoms with van der Waals surface area (Å²) in [4.78, 5) is 23.9. The third kappa shape index (κ3) is 2.26. The summed E-state index contributed by atoms with van der Waals surface area (Å²) in [5.74, 6) is -1.42. The summed E-state index contributed by atoms with van der Waals surface area (Å²) in [5, 5.41) is 11.3. The number of hydrogen-bond donors (Lipinski definition) is 2. The van der Waals surface area contributed by atoms with E-state index in [2.05, 4.69) is 5.32 Å². The molecular formula is C11H11FN2O3. The van der Waals surface area contributed by atoms with E-state index in [1.807, 2.05) is 0 Å². The van der Waals surface area contributed by atoms with Crippen molar-refractivity contribution in [1.29, 1.82) is 0 Å². The predicted octanol–water partition coefficient (Wildman–Crippen LogP) is -0.219. The number of aliphatic hydroxyl groups is 1. The predicted molar refractivity (Wildman–Crippen MR) is 57.7 cm³/mol. The SMILES string of the molecule is O=C1CN(c2cccc(F)c2CO)CC(=O)N1. The van der Waals surface area contributed by atoms with Crippen LogP contribution in [0.2, 0.25) is 0 Å². The van der Waals surface area contributed by atoms with E-state index in [-0.39, 0.29) is 18.7 Å². The van der Waals surface area contributed by atoms with Crippen LogP contribution < -0.4 is 10.2 Å². The number of imide groups is 1. The standard InChI is InChI=1S/C11H11FN2O3/c12-8-2-1-3-9(7(8)6-15)14-4-10(16)13-11(17)5-14/h1-3,15H,4-6H2,(H,13,16,17). The van der Waals surface area contributed by atoms with Gasteiger partial charge in [0, 0.05) is 11.3 Å². The van der Waals surface area contributed by atoms with Crippen LogP contribution in [0.3, 0.4) is 0 Å². The molecule has 5 nitrogen and oxygen atoms in total. The molecule has 1 fully saturated rings. The maximum absolute atomic E-state index is 13.4. The highest BCUT2D eigenvalue weighted by Gasteiger charge is 2.24. The number of anilines is 1. The van der Waals surface area contributed by atoms with Crippen molar-refractivity contribution in [2.24, 2.45) is 0 Å². The molecular weight excluding hydrogens is 227 g/mol. The monoisotopic (exact) mass is 238 g/mol. The van der Waals surface area contributed by atoms with E-state index in [1.54, 1.807) is 6.07 Å². The summed E-state index contributed by atoms with van der Waals surface area (Å²) >= 11 is 0. The fourth-order valence-corrected chi connectivity index (χ4v) is 1.81. The van der Waals surface area contributed by atoms with Gasteiger partial charge >= 0.3 is 0 Å². The highest BCUT2D eigenvalue weighted by molar-refractivity contribution is 6.02. The van der Waals surface area contributed by atoms with Crippen molar-refractivity contribution in [3.63, 3.8) is 0 Å². The minimum Gasteiger partial charge on any atom is -0.391 e. The zero-order chi connectivity index (χ0) is 12.4. The summed E-state index contributed by atoms with van der Waals surface area (Å²) in [5.41, 5.74) is 0.464. The highest BCUT2D eigenvalue weighted by atomic mass is 19.1. The number of nitrogens with zero attached hydrogens (tertiary/aromatic N) is 1. The zero-order valence-corrected chi connectivity index (χ0v) is 8.94. The van der Waals surface area contributed by atoms with Gasteiger partial charge in [-0.3, -0.25) is 14.9 Å². The summed E-state index contributed by atoms with van der Waals surface area (Å²) < 4.78 is 13.4. The second kappa shape index (κ2) is 4.50. The molecule has 1 aliphatic heterocycles. The number of amides is 2. The van der Waals surface area contributed by atoms with E-state index in [9.17, 15) is 14.0 Å². The van der Waals surface area contributed by atoms with Gasteiger partial charge in [0.25, 0.3) is 0 Å². The lowest BCUT2D eigenvalue weighted by Crippen LogP contribution is -2.51. The molecule has 17 heavy (non-hydrogen) atoms. The molecule has 1 aromatic rings. The molecule has 2 amide bonds. The maximum Gasteiger partial charge on any atom is 0.246 e. The van der Waals surface area contributed by atoms with E-state index in [4.69, 9.17) is 5.11 Å². The van der Waals surface area contributed by atoms with Gasteiger partial charge in [-0.25, -0.2) is 4.39 Å². The second-order valence-electron chi connectivity index (χ2n) is 3.72. The minimum atomic E-state index is -0.552. The summed E-state index contributed by atoms with van der Waals surface area (Å²) in [6.45, 7) is -0.529. The summed E-state index contributed by atoms with van der Waals surface area (Å²) in [7, 11) is 0. The second-order valence-corrected chi connectivity index (χ2v) is 3.72. The number of nitrogens with one attached hydrogen (secondary N) is 1. The molecule has 0 atom stereocenters. The lowest BCUT2D eigenvalue weighted by Gasteiger charge is -2.29. The molecule has 1 saturated heterocycles. The molecule has 2 N–H and O–H groups in total. The van der Waals surface area contributed by atoms with E-state index in [0.29, 0.717) is 5.69 Å². The Balaban J connectivity index is 2.36. The van der Waals surface area contributed by atoms with Gasteiger partial charge in [0.15, 0.2) is 0 Å². The van der Waals surface area contributed by atoms with Crippen LogP contribution in [0.4, 0.5) is 10.1 Å². The Hall–Kier alpha value is -1.95. The first-order chi connectivity index (χ1) is 8.11. The van der Waals surface area contributed by atoms with Crippen molar-refractivity contribution in [1.82, 2.24) is 5.32 Å². The molecule has 0 saturated carbocycles. The van der Waals surface area contributed by atoms with Crippen LogP contribution in [-0.4, -0.2) is 30.0 Å². The van der Waals surface area contributed by atoms with E-state index in [1.165, 1.54) is 17.0 Å². The molecule has 1 aliphatic rings. The molecule has 1 heterocycles. The van der Waals surface area contributed by atoms with Crippen LogP contribution >= 0.6 is 0 Å². The lowest BCUT2D eigenvalue weighted by molar-refractivity contribution is -0.130. The van der Waals surface area contributed by atoms with Gasteiger partial charge in [0.05, 0.1) is 19.7 Å². The third-order valence-corrected chi connectivity index (χ3v) is 2.54. The van der Waals surface area contributed by atoms with E-state index in [0.717, 1.165) is 0 Å². The van der Waals surface area contributed by atoms with Crippen LogP contribution in [0, 0.1) is 5.82 Å². The Labute approximate surface area is 96.8 Å². The summed E-state index contributed by atoms with van der Waals surface area (Å²) in [6.07, 6.45) is 0. The normalized spacial score (nSPS) is 16.0. The van der Waals surface area contributed by atoms with Crippen LogP contribution in [0.1, 0.15) is 5.56 Å². The molecule has 0 aromatic heterocycles. The van der Waals surface area contributed by atoms with E-state index >= 15 is 0 Å². The topological polar surface area (TPSA) is 69.6 Å². The van der Waals surface area contributed by atoms with Gasteiger partial charge in [-0.2, -0.15) is 0 Å². The molecule has 2 rings (SSSR count). The lowest BCUT2D eigenvalue weighted by atomic mass is 10.1. The first kappa shape index (κ1) is 11.5. The average molecular weight is 238 g/mol.